The molecule has 0 radical (unpaired) electrons. The molecule has 0 saturated carbocycles. The van der Waals surface area contributed by atoms with Crippen LogP contribution in [0.15, 0.2) is 0 Å². The van der Waals surface area contributed by atoms with Crippen molar-refractivity contribution in [3.63, 3.8) is 0 Å². The Morgan fingerprint density at radius 2 is 0.545 bits per heavy atom. The summed E-state index contributed by atoms with van der Waals surface area (Å²) in [4.78, 5) is 29.7. The molecule has 0 aromatic heterocycles. The number of hydrogen-bond acceptors (Lipinski definition) is 6. The van der Waals surface area contributed by atoms with Crippen LogP contribution in [0.2, 0.25) is 0 Å². The van der Waals surface area contributed by atoms with E-state index in [2.05, 4.69) is 0 Å². The van der Waals surface area contributed by atoms with Gasteiger partial charge in [-0.2, -0.15) is 0 Å². The Hall–Kier alpha value is -0.967. The summed E-state index contributed by atoms with van der Waals surface area (Å²) in [7, 11) is 0. The van der Waals surface area contributed by atoms with E-state index in [0.29, 0.717) is 0 Å². The van der Waals surface area contributed by atoms with Gasteiger partial charge < -0.3 is 29.7 Å². The molecule has 0 spiro atoms. The van der Waals surface area contributed by atoms with Gasteiger partial charge in [-0.15, -0.1) is 0 Å². The Balaban J connectivity index is -0.000000108. The zero-order valence-electron chi connectivity index (χ0n) is 14.8. The van der Waals surface area contributed by atoms with E-state index >= 15 is 0 Å². The Morgan fingerprint density at radius 1 is 0.500 bits per heavy atom. The molecule has 6 nitrogen and oxygen atoms in total. The zero-order valence-corrected chi connectivity index (χ0v) is 16.4. The number of aliphatic carboxylic acids is 3. The third-order valence-electron chi connectivity index (χ3n) is 1.84. The van der Waals surface area contributed by atoms with Gasteiger partial charge in [0, 0.05) is 34.2 Å². The number of carboxylic acid groups (broad SMARTS) is 3. The largest absolute Gasteiger partial charge is 3.00 e. The van der Waals surface area contributed by atoms with Gasteiger partial charge in [-0.25, -0.2) is 0 Å². The summed E-state index contributed by atoms with van der Waals surface area (Å²) in [5.41, 5.74) is -2.08. The maximum Gasteiger partial charge on any atom is 3.00 e. The van der Waals surface area contributed by atoms with E-state index in [1.165, 1.54) is 0 Å². The van der Waals surface area contributed by atoms with E-state index in [1.54, 1.807) is 62.3 Å². The first-order valence-electron chi connectivity index (χ1n) is 6.47. The molecule has 0 bridgehead atoms. The van der Waals surface area contributed by atoms with Gasteiger partial charge in [0.1, 0.15) is 0 Å². The molecule has 0 saturated heterocycles. The van der Waals surface area contributed by atoms with Crippen molar-refractivity contribution in [2.24, 2.45) is 16.2 Å². The summed E-state index contributed by atoms with van der Waals surface area (Å²) in [5.74, 6) is -3.02. The van der Waals surface area contributed by atoms with Crippen LogP contribution < -0.4 is 15.3 Å². The number of hydrogen-bond donors (Lipinski definition) is 0. The maximum atomic E-state index is 9.91. The van der Waals surface area contributed by atoms with Crippen LogP contribution in [-0.4, -0.2) is 17.9 Å². The van der Waals surface area contributed by atoms with Gasteiger partial charge in [0.25, 0.3) is 0 Å². The summed E-state index contributed by atoms with van der Waals surface area (Å²) in [6.07, 6.45) is 0. The van der Waals surface area contributed by atoms with Crippen LogP contribution in [0.3, 0.4) is 0 Å². The second-order valence-electron chi connectivity index (χ2n) is 7.61. The van der Waals surface area contributed by atoms with Crippen LogP contribution in [0.1, 0.15) is 62.3 Å². The molecule has 0 heterocycles. The van der Waals surface area contributed by atoms with Crippen LogP contribution in [0.4, 0.5) is 0 Å². The number of rotatable bonds is 0. The minimum atomic E-state index is -1.01. The van der Waals surface area contributed by atoms with Crippen LogP contribution in [0, 0.1) is 16.2 Å². The number of carboxylic acids is 3. The molecule has 7 heteroatoms. The van der Waals surface area contributed by atoms with Gasteiger partial charge in [0.15, 0.2) is 0 Å². The summed E-state index contributed by atoms with van der Waals surface area (Å²) in [5, 5.41) is 29.7. The first-order valence-corrected chi connectivity index (χ1v) is 6.47. The van der Waals surface area contributed by atoms with Gasteiger partial charge in [0.05, 0.1) is 0 Å². The molecule has 0 amide bonds. The smallest absolute Gasteiger partial charge is 0.550 e. The first kappa shape index (κ1) is 29.1. The minimum absolute atomic E-state index is 0. The monoisotopic (exact) mass is 406 g/mol. The van der Waals surface area contributed by atoms with Crippen molar-refractivity contribution >= 4 is 17.9 Å². The molecule has 22 heavy (non-hydrogen) atoms. The molecule has 0 fully saturated rings. The molecule has 0 rings (SSSR count). The summed E-state index contributed by atoms with van der Waals surface area (Å²) < 4.78 is 0. The fraction of sp³-hybridized carbons (Fsp3) is 0.800. The van der Waals surface area contributed by atoms with Crippen molar-refractivity contribution in [3.05, 3.63) is 0 Å². The van der Waals surface area contributed by atoms with Crippen LogP contribution >= 0.6 is 0 Å². The molecule has 0 aliphatic rings. The maximum absolute atomic E-state index is 9.91. The molecular formula is C15H27O6Rh. The Kier molecular flexibility index (Phi) is 14.2. The molecule has 0 aliphatic heterocycles. The SMILES string of the molecule is CC(C)(C)C(=O)[O-].CC(C)(C)C(=O)[O-].CC(C)(C)C(=O)[O-].[Rh+3]. The molecule has 0 aromatic rings. The number of carbonyl (C=O) groups excluding carboxylic acids is 3. The standard InChI is InChI=1S/3C5H10O2.Rh/c3*1-5(2,3)4(6)7;/h3*1-3H3,(H,6,7);/q;;;+3/p-3. The average Bonchev–Trinajstić information content (AvgIpc) is 2.14. The molecule has 0 aromatic carbocycles. The predicted octanol–water partition coefficient (Wildman–Crippen LogP) is -0.655. The molecule has 0 unspecified atom stereocenters. The van der Waals surface area contributed by atoms with Gasteiger partial charge in [-0.05, 0) is 0 Å². The van der Waals surface area contributed by atoms with E-state index in [0.717, 1.165) is 0 Å². The van der Waals surface area contributed by atoms with Crippen molar-refractivity contribution in [3.8, 4) is 0 Å². The van der Waals surface area contributed by atoms with Crippen molar-refractivity contribution in [2.75, 3.05) is 0 Å². The Morgan fingerprint density at radius 3 is 0.545 bits per heavy atom. The molecule has 132 valence electrons. The zero-order chi connectivity index (χ0) is 18.2. The van der Waals surface area contributed by atoms with Gasteiger partial charge in [-0.1, -0.05) is 62.3 Å². The predicted molar refractivity (Wildman–Crippen MR) is 73.4 cm³/mol. The first-order chi connectivity index (χ1) is 8.83. The van der Waals surface area contributed by atoms with E-state index < -0.39 is 34.2 Å². The van der Waals surface area contributed by atoms with Crippen molar-refractivity contribution in [1.29, 1.82) is 0 Å². The van der Waals surface area contributed by atoms with Crippen LogP contribution in [0.5, 0.6) is 0 Å². The van der Waals surface area contributed by atoms with Crippen LogP contribution in [-0.2, 0) is 33.9 Å². The Labute approximate surface area is 146 Å². The van der Waals surface area contributed by atoms with Gasteiger partial charge in [-0.3, -0.25) is 0 Å². The second kappa shape index (κ2) is 10.7. The fourth-order valence-electron chi connectivity index (χ4n) is 0. The normalized spacial score (nSPS) is 10.8. The van der Waals surface area contributed by atoms with E-state index in [1.807, 2.05) is 0 Å². The average molecular weight is 406 g/mol. The van der Waals surface area contributed by atoms with Crippen molar-refractivity contribution < 1.29 is 49.2 Å². The van der Waals surface area contributed by atoms with Crippen molar-refractivity contribution in [2.45, 2.75) is 62.3 Å². The van der Waals surface area contributed by atoms with Gasteiger partial charge in [0.2, 0.25) is 0 Å². The quantitative estimate of drug-likeness (QED) is 0.493. The number of carbonyl (C=O) groups is 3. The van der Waals surface area contributed by atoms with E-state index in [-0.39, 0.29) is 19.5 Å². The third-order valence-corrected chi connectivity index (χ3v) is 1.84. The minimum Gasteiger partial charge on any atom is -0.550 e. The van der Waals surface area contributed by atoms with E-state index in [4.69, 9.17) is 0 Å². The summed E-state index contributed by atoms with van der Waals surface area (Å²) >= 11 is 0. The summed E-state index contributed by atoms with van der Waals surface area (Å²) in [6, 6.07) is 0. The van der Waals surface area contributed by atoms with Crippen molar-refractivity contribution in [1.82, 2.24) is 0 Å². The van der Waals surface area contributed by atoms with Crippen LogP contribution in [0.25, 0.3) is 0 Å². The molecule has 0 N–H and O–H groups in total. The molecule has 0 aliphatic carbocycles. The molecular weight excluding hydrogens is 379 g/mol. The topological polar surface area (TPSA) is 120 Å². The molecule has 0 atom stereocenters. The fourth-order valence-corrected chi connectivity index (χ4v) is 0. The summed E-state index contributed by atoms with van der Waals surface area (Å²) in [6.45, 7) is 14.4. The Bertz CT molecular complexity index is 299. The van der Waals surface area contributed by atoms with E-state index in [9.17, 15) is 29.7 Å². The van der Waals surface area contributed by atoms with Gasteiger partial charge >= 0.3 is 19.5 Å². The second-order valence-corrected chi connectivity index (χ2v) is 7.61. The third kappa shape index (κ3) is 21.3.